The molecule has 8 nitrogen and oxygen atoms in total. The predicted molar refractivity (Wildman–Crippen MR) is 173 cm³/mol. The summed E-state index contributed by atoms with van der Waals surface area (Å²) in [5.41, 5.74) is 3.44. The molecule has 0 heterocycles. The van der Waals surface area contributed by atoms with Crippen LogP contribution in [0.5, 0.6) is 5.75 Å². The van der Waals surface area contributed by atoms with E-state index in [4.69, 9.17) is 4.74 Å². The maximum Gasteiger partial charge on any atom is 0.243 e. The van der Waals surface area contributed by atoms with Gasteiger partial charge in [0.25, 0.3) is 0 Å². The maximum atomic E-state index is 14.0. The van der Waals surface area contributed by atoms with Crippen LogP contribution < -0.4 is 14.4 Å². The van der Waals surface area contributed by atoms with Gasteiger partial charge in [-0.25, -0.2) is 8.42 Å². The van der Waals surface area contributed by atoms with Gasteiger partial charge in [-0.2, -0.15) is 0 Å². The normalized spacial score (nSPS) is 12.7. The molecule has 0 bridgehead atoms. The molecule has 0 fully saturated rings. The molecule has 3 rings (SSSR count). The number of rotatable bonds is 16. The Kier molecular flexibility index (Phi) is 12.6. The molecule has 0 saturated carbocycles. The highest BCUT2D eigenvalue weighted by Crippen LogP contribution is 2.23. The predicted octanol–water partition coefficient (Wildman–Crippen LogP) is 5.49. The van der Waals surface area contributed by atoms with Gasteiger partial charge in [-0.15, -0.1) is 0 Å². The zero-order valence-corrected chi connectivity index (χ0v) is 26.8. The number of hydrogen-bond donors (Lipinski definition) is 1. The SMILES string of the molecule is CCOc1ccc(N(CCCC(=O)N(Cc2ccccc2C)[C@H](Cc2ccccc2)C(=O)N[C@@H](C)CC)S(C)(=O)=O)cc1. The number of nitrogens with one attached hydrogen (secondary N) is 1. The fourth-order valence-electron chi connectivity index (χ4n) is 4.85. The number of benzene rings is 3. The highest BCUT2D eigenvalue weighted by atomic mass is 32.2. The van der Waals surface area contributed by atoms with Gasteiger partial charge in [-0.3, -0.25) is 13.9 Å². The Morgan fingerprint density at radius 2 is 1.58 bits per heavy atom. The summed E-state index contributed by atoms with van der Waals surface area (Å²) in [6.45, 7) is 8.73. The highest BCUT2D eigenvalue weighted by Gasteiger charge is 2.31. The number of carbonyl (C=O) groups is 2. The van der Waals surface area contributed by atoms with Crippen LogP contribution in [0.3, 0.4) is 0 Å². The summed E-state index contributed by atoms with van der Waals surface area (Å²) in [5, 5.41) is 3.08. The van der Waals surface area contributed by atoms with Crippen molar-refractivity contribution in [3.63, 3.8) is 0 Å². The van der Waals surface area contributed by atoms with Gasteiger partial charge in [0.05, 0.1) is 18.6 Å². The average Bonchev–Trinajstić information content (AvgIpc) is 2.98. The van der Waals surface area contributed by atoms with Crippen LogP contribution in [-0.4, -0.2) is 56.6 Å². The third-order valence-electron chi connectivity index (χ3n) is 7.46. The van der Waals surface area contributed by atoms with E-state index in [0.717, 1.165) is 29.4 Å². The van der Waals surface area contributed by atoms with E-state index in [9.17, 15) is 18.0 Å². The van der Waals surface area contributed by atoms with Crippen LogP contribution in [0.4, 0.5) is 5.69 Å². The van der Waals surface area contributed by atoms with E-state index >= 15 is 0 Å². The maximum absolute atomic E-state index is 14.0. The number of ether oxygens (including phenoxy) is 1. The van der Waals surface area contributed by atoms with Gasteiger partial charge in [-0.1, -0.05) is 61.5 Å². The number of nitrogens with zero attached hydrogens (tertiary/aromatic N) is 2. The Morgan fingerprint density at radius 1 is 0.930 bits per heavy atom. The van der Waals surface area contributed by atoms with Gasteiger partial charge in [0.15, 0.2) is 0 Å². The fraction of sp³-hybridized carbons (Fsp3) is 0.412. The number of hydrogen-bond acceptors (Lipinski definition) is 5. The van der Waals surface area contributed by atoms with Gasteiger partial charge in [-0.05, 0) is 74.6 Å². The molecular weight excluding hydrogens is 562 g/mol. The summed E-state index contributed by atoms with van der Waals surface area (Å²) in [5.74, 6) is 0.248. The topological polar surface area (TPSA) is 96.0 Å². The average molecular weight is 608 g/mol. The van der Waals surface area contributed by atoms with Gasteiger partial charge in [0.2, 0.25) is 21.8 Å². The summed E-state index contributed by atoms with van der Waals surface area (Å²) in [4.78, 5) is 29.4. The van der Waals surface area contributed by atoms with E-state index in [1.807, 2.05) is 82.3 Å². The van der Waals surface area contributed by atoms with E-state index in [1.165, 1.54) is 4.31 Å². The molecule has 3 aromatic carbocycles. The molecule has 1 N–H and O–H groups in total. The van der Waals surface area contributed by atoms with Crippen LogP contribution >= 0.6 is 0 Å². The van der Waals surface area contributed by atoms with Crippen molar-refractivity contribution in [2.24, 2.45) is 0 Å². The number of aryl methyl sites for hydroxylation is 1. The molecule has 2 atom stereocenters. The van der Waals surface area contributed by atoms with E-state index in [1.54, 1.807) is 29.2 Å². The lowest BCUT2D eigenvalue weighted by molar-refractivity contribution is -0.141. The Balaban J connectivity index is 1.88. The number of sulfonamides is 1. The summed E-state index contributed by atoms with van der Waals surface area (Å²) < 4.78 is 32.2. The largest absolute Gasteiger partial charge is 0.494 e. The van der Waals surface area contributed by atoms with Crippen LogP contribution in [0.25, 0.3) is 0 Å². The van der Waals surface area contributed by atoms with Crippen molar-refractivity contribution in [3.8, 4) is 5.75 Å². The van der Waals surface area contributed by atoms with Crippen LogP contribution in [-0.2, 0) is 32.6 Å². The van der Waals surface area contributed by atoms with Crippen molar-refractivity contribution < 1.29 is 22.7 Å². The summed E-state index contributed by atoms with van der Waals surface area (Å²) in [7, 11) is -3.60. The molecule has 0 aliphatic carbocycles. The van der Waals surface area contributed by atoms with Crippen molar-refractivity contribution in [3.05, 3.63) is 95.6 Å². The second-order valence-corrected chi connectivity index (χ2v) is 12.7. The van der Waals surface area contributed by atoms with Gasteiger partial charge in [0.1, 0.15) is 11.8 Å². The van der Waals surface area contributed by atoms with Crippen LogP contribution in [0, 0.1) is 6.92 Å². The first-order valence-corrected chi connectivity index (χ1v) is 16.8. The van der Waals surface area contributed by atoms with Crippen LogP contribution in [0.1, 0.15) is 56.7 Å². The Morgan fingerprint density at radius 3 is 2.19 bits per heavy atom. The molecule has 232 valence electrons. The first kappa shape index (κ1) is 33.6. The Labute approximate surface area is 257 Å². The molecule has 0 unspecified atom stereocenters. The van der Waals surface area contributed by atoms with E-state index < -0.39 is 16.1 Å². The lowest BCUT2D eigenvalue weighted by atomic mass is 10.0. The van der Waals surface area contributed by atoms with E-state index in [0.29, 0.717) is 24.5 Å². The lowest BCUT2D eigenvalue weighted by Crippen LogP contribution is -2.52. The molecule has 0 saturated heterocycles. The highest BCUT2D eigenvalue weighted by molar-refractivity contribution is 7.92. The Hall–Kier alpha value is -3.85. The van der Waals surface area contributed by atoms with Crippen molar-refractivity contribution in [2.45, 2.75) is 72.0 Å². The van der Waals surface area contributed by atoms with E-state index in [2.05, 4.69) is 5.32 Å². The smallest absolute Gasteiger partial charge is 0.243 e. The van der Waals surface area contributed by atoms with Gasteiger partial charge < -0.3 is 15.0 Å². The lowest BCUT2D eigenvalue weighted by Gasteiger charge is -2.33. The standard InChI is InChI=1S/C34H45N3O5S/c1-6-27(4)35-34(39)32(24-28-15-9-8-10-16-28)36(25-29-17-12-11-14-26(29)3)33(38)18-13-23-37(43(5,40)41)30-19-21-31(22-20-30)42-7-2/h8-12,14-17,19-22,27,32H,6-7,13,18,23-25H2,1-5H3,(H,35,39)/t27-,32+/m0/s1. The fourth-order valence-corrected chi connectivity index (χ4v) is 5.81. The molecule has 43 heavy (non-hydrogen) atoms. The number of anilines is 1. The molecule has 0 aromatic heterocycles. The first-order valence-electron chi connectivity index (χ1n) is 14.9. The monoisotopic (exact) mass is 607 g/mol. The molecule has 0 spiro atoms. The van der Waals surface area contributed by atoms with Crippen molar-refractivity contribution in [2.75, 3.05) is 23.7 Å². The Bertz CT molecular complexity index is 1430. The molecule has 3 aromatic rings. The van der Waals surface area contributed by atoms with Crippen molar-refractivity contribution in [1.29, 1.82) is 0 Å². The first-order chi connectivity index (χ1) is 20.5. The molecule has 0 radical (unpaired) electrons. The van der Waals surface area contributed by atoms with Crippen LogP contribution in [0.15, 0.2) is 78.9 Å². The molecule has 9 heteroatoms. The minimum atomic E-state index is -3.60. The molecule has 0 aliphatic heterocycles. The van der Waals surface area contributed by atoms with Crippen molar-refractivity contribution >= 4 is 27.5 Å². The zero-order chi connectivity index (χ0) is 31.4. The third-order valence-corrected chi connectivity index (χ3v) is 8.66. The summed E-state index contributed by atoms with van der Waals surface area (Å²) in [6, 6.07) is 23.6. The van der Waals surface area contributed by atoms with Crippen molar-refractivity contribution in [1.82, 2.24) is 10.2 Å². The van der Waals surface area contributed by atoms with E-state index in [-0.39, 0.29) is 43.8 Å². The summed E-state index contributed by atoms with van der Waals surface area (Å²) in [6.07, 6.45) is 2.65. The van der Waals surface area contributed by atoms with Gasteiger partial charge in [0, 0.05) is 32.0 Å². The molecular formula is C34H45N3O5S. The minimum absolute atomic E-state index is 0.0429. The zero-order valence-electron chi connectivity index (χ0n) is 26.0. The minimum Gasteiger partial charge on any atom is -0.494 e. The second kappa shape index (κ2) is 16.1. The third kappa shape index (κ3) is 10.1. The number of amides is 2. The quantitative estimate of drug-likeness (QED) is 0.232. The second-order valence-electron chi connectivity index (χ2n) is 10.8. The van der Waals surface area contributed by atoms with Gasteiger partial charge >= 0.3 is 0 Å². The van der Waals surface area contributed by atoms with Crippen LogP contribution in [0.2, 0.25) is 0 Å². The summed E-state index contributed by atoms with van der Waals surface area (Å²) >= 11 is 0. The molecule has 0 aliphatic rings. The number of carbonyl (C=O) groups excluding carboxylic acids is 2. The molecule has 2 amide bonds.